The highest BCUT2D eigenvalue weighted by atomic mass is 16.3. The molecule has 0 aliphatic carbocycles. The molecule has 7 aromatic rings. The maximum atomic E-state index is 6.45. The van der Waals surface area contributed by atoms with Crippen molar-refractivity contribution in [2.24, 2.45) is 0 Å². The van der Waals surface area contributed by atoms with Gasteiger partial charge in [0.15, 0.2) is 0 Å². The number of aromatic amines is 1. The van der Waals surface area contributed by atoms with Crippen molar-refractivity contribution in [1.82, 2.24) is 4.98 Å². The molecule has 0 bridgehead atoms. The van der Waals surface area contributed by atoms with Crippen molar-refractivity contribution in [2.75, 3.05) is 0 Å². The van der Waals surface area contributed by atoms with Crippen LogP contribution in [-0.4, -0.2) is 4.98 Å². The van der Waals surface area contributed by atoms with Crippen LogP contribution in [0.4, 0.5) is 0 Å². The number of aromatic nitrogens is 1. The number of benzene rings is 5. The van der Waals surface area contributed by atoms with Crippen LogP contribution in [0.5, 0.6) is 0 Å². The molecule has 0 atom stereocenters. The van der Waals surface area contributed by atoms with Crippen LogP contribution in [0.1, 0.15) is 0 Å². The Morgan fingerprint density at radius 1 is 0.469 bits per heavy atom. The van der Waals surface area contributed by atoms with Gasteiger partial charge in [-0.15, -0.1) is 0 Å². The van der Waals surface area contributed by atoms with Gasteiger partial charge >= 0.3 is 0 Å². The zero-order valence-corrected chi connectivity index (χ0v) is 17.3. The topological polar surface area (TPSA) is 28.9 Å². The van der Waals surface area contributed by atoms with Crippen LogP contribution in [-0.2, 0) is 0 Å². The van der Waals surface area contributed by atoms with E-state index in [2.05, 4.69) is 108 Å². The molecule has 150 valence electrons. The van der Waals surface area contributed by atoms with Gasteiger partial charge in [-0.2, -0.15) is 0 Å². The second-order valence-corrected chi connectivity index (χ2v) is 8.30. The third-order valence-corrected chi connectivity index (χ3v) is 6.41. The molecule has 0 saturated carbocycles. The van der Waals surface area contributed by atoms with Crippen LogP contribution in [0.25, 0.3) is 66.0 Å². The highest BCUT2D eigenvalue weighted by Crippen LogP contribution is 2.39. The van der Waals surface area contributed by atoms with Gasteiger partial charge in [0.2, 0.25) is 0 Å². The first-order valence-electron chi connectivity index (χ1n) is 10.9. The Bertz CT molecular complexity index is 1760. The Balaban J connectivity index is 1.52. The van der Waals surface area contributed by atoms with Crippen molar-refractivity contribution in [1.29, 1.82) is 0 Å². The molecule has 0 spiro atoms. The molecule has 0 saturated heterocycles. The van der Waals surface area contributed by atoms with Gasteiger partial charge in [-0.25, -0.2) is 0 Å². The molecule has 1 N–H and O–H groups in total. The molecule has 5 aromatic carbocycles. The summed E-state index contributed by atoms with van der Waals surface area (Å²) in [5, 5.41) is 4.63. The van der Waals surface area contributed by atoms with Gasteiger partial charge < -0.3 is 9.40 Å². The van der Waals surface area contributed by atoms with Crippen molar-refractivity contribution >= 4 is 43.7 Å². The average molecular weight is 409 g/mol. The van der Waals surface area contributed by atoms with E-state index in [1.807, 2.05) is 6.07 Å². The quantitative estimate of drug-likeness (QED) is 0.304. The molecule has 0 unspecified atom stereocenters. The fourth-order valence-corrected chi connectivity index (χ4v) is 4.84. The predicted octanol–water partition coefficient (Wildman–Crippen LogP) is 8.55. The fourth-order valence-electron chi connectivity index (χ4n) is 4.84. The number of furan rings is 1. The van der Waals surface area contributed by atoms with Crippen LogP contribution < -0.4 is 0 Å². The Morgan fingerprint density at radius 3 is 1.81 bits per heavy atom. The number of rotatable bonds is 2. The van der Waals surface area contributed by atoms with Gasteiger partial charge in [0, 0.05) is 21.7 Å². The molecule has 32 heavy (non-hydrogen) atoms. The Kier molecular flexibility index (Phi) is 3.58. The second kappa shape index (κ2) is 6.60. The first-order valence-corrected chi connectivity index (χ1v) is 10.9. The number of H-pyrrole nitrogens is 1. The summed E-state index contributed by atoms with van der Waals surface area (Å²) in [7, 11) is 0. The number of nitrogens with one attached hydrogen (secondary N) is 1. The Morgan fingerprint density at radius 2 is 1.09 bits per heavy atom. The van der Waals surface area contributed by atoms with E-state index < -0.39 is 0 Å². The molecular formula is C30H19NO. The third-order valence-electron chi connectivity index (χ3n) is 6.41. The van der Waals surface area contributed by atoms with E-state index in [0.29, 0.717) is 0 Å². The standard InChI is InChI=1S/C30H19NO/c1-3-7-19(8-4-1)21-11-14-26-25(18-21)29-27(31-26)15-13-23-24-17-22(20-9-5-2-6-10-20)12-16-28(24)32-30(23)29/h1-18,31H. The SMILES string of the molecule is c1ccc(-c2ccc3oc4c(ccc5[nH]c6ccc(-c7ccccc7)cc6c54)c3c2)cc1. The lowest BCUT2D eigenvalue weighted by Crippen LogP contribution is -1.77. The van der Waals surface area contributed by atoms with Crippen LogP contribution in [0, 0.1) is 0 Å². The van der Waals surface area contributed by atoms with Crippen molar-refractivity contribution in [2.45, 2.75) is 0 Å². The van der Waals surface area contributed by atoms with E-state index in [4.69, 9.17) is 4.42 Å². The summed E-state index contributed by atoms with van der Waals surface area (Å²) in [5.74, 6) is 0. The smallest absolute Gasteiger partial charge is 0.145 e. The van der Waals surface area contributed by atoms with E-state index in [1.165, 1.54) is 27.6 Å². The van der Waals surface area contributed by atoms with Crippen molar-refractivity contribution in [3.05, 3.63) is 109 Å². The van der Waals surface area contributed by atoms with Crippen LogP contribution in [0.3, 0.4) is 0 Å². The van der Waals surface area contributed by atoms with Gasteiger partial charge in [0.25, 0.3) is 0 Å². The molecule has 0 aliphatic rings. The average Bonchev–Trinajstić information content (AvgIpc) is 3.42. The van der Waals surface area contributed by atoms with Gasteiger partial charge in [-0.1, -0.05) is 72.8 Å². The van der Waals surface area contributed by atoms with Crippen LogP contribution in [0.2, 0.25) is 0 Å². The first-order chi connectivity index (χ1) is 15.8. The lowest BCUT2D eigenvalue weighted by molar-refractivity contribution is 0.673. The minimum Gasteiger partial charge on any atom is -0.455 e. The maximum Gasteiger partial charge on any atom is 0.145 e. The molecule has 7 rings (SSSR count). The molecule has 2 aromatic heterocycles. The number of hydrogen-bond donors (Lipinski definition) is 1. The Labute approximate surface area is 184 Å². The largest absolute Gasteiger partial charge is 0.455 e. The molecule has 0 fully saturated rings. The highest BCUT2D eigenvalue weighted by molar-refractivity contribution is 6.23. The third kappa shape index (κ3) is 2.53. The molecule has 0 aliphatic heterocycles. The van der Waals surface area contributed by atoms with E-state index in [-0.39, 0.29) is 0 Å². The fraction of sp³-hybridized carbons (Fsp3) is 0. The molecule has 0 radical (unpaired) electrons. The highest BCUT2D eigenvalue weighted by Gasteiger charge is 2.15. The molecular weight excluding hydrogens is 390 g/mol. The first kappa shape index (κ1) is 17.4. The van der Waals surface area contributed by atoms with Crippen LogP contribution in [0.15, 0.2) is 114 Å². The van der Waals surface area contributed by atoms with Crippen molar-refractivity contribution < 1.29 is 4.42 Å². The van der Waals surface area contributed by atoms with Gasteiger partial charge in [0.05, 0.1) is 10.9 Å². The van der Waals surface area contributed by atoms with E-state index >= 15 is 0 Å². The molecule has 2 heterocycles. The minimum absolute atomic E-state index is 0.917. The second-order valence-electron chi connectivity index (χ2n) is 8.30. The monoisotopic (exact) mass is 409 g/mol. The summed E-state index contributed by atoms with van der Waals surface area (Å²) in [5.41, 5.74) is 8.92. The van der Waals surface area contributed by atoms with E-state index in [0.717, 1.165) is 38.4 Å². The summed E-state index contributed by atoms with van der Waals surface area (Å²) in [6, 6.07) is 38.4. The summed E-state index contributed by atoms with van der Waals surface area (Å²) < 4.78 is 6.45. The van der Waals surface area contributed by atoms with Gasteiger partial charge in [0.1, 0.15) is 11.2 Å². The normalized spacial score (nSPS) is 11.8. The lowest BCUT2D eigenvalue weighted by atomic mass is 10.0. The number of hydrogen-bond acceptors (Lipinski definition) is 1. The molecule has 0 amide bonds. The predicted molar refractivity (Wildman–Crippen MR) is 134 cm³/mol. The zero-order valence-electron chi connectivity index (χ0n) is 17.3. The summed E-state index contributed by atoms with van der Waals surface area (Å²) >= 11 is 0. The van der Waals surface area contributed by atoms with Crippen LogP contribution >= 0.6 is 0 Å². The molecule has 2 nitrogen and oxygen atoms in total. The number of fused-ring (bicyclic) bond motifs is 7. The van der Waals surface area contributed by atoms with E-state index in [1.54, 1.807) is 0 Å². The lowest BCUT2D eigenvalue weighted by Gasteiger charge is -2.02. The van der Waals surface area contributed by atoms with Gasteiger partial charge in [-0.3, -0.25) is 0 Å². The Hall–Kier alpha value is -4.30. The zero-order chi connectivity index (χ0) is 21.1. The van der Waals surface area contributed by atoms with Crippen molar-refractivity contribution in [3.63, 3.8) is 0 Å². The van der Waals surface area contributed by atoms with Crippen molar-refractivity contribution in [3.8, 4) is 22.3 Å². The summed E-state index contributed by atoms with van der Waals surface area (Å²) in [6.45, 7) is 0. The minimum atomic E-state index is 0.917. The van der Waals surface area contributed by atoms with E-state index in [9.17, 15) is 0 Å². The summed E-state index contributed by atoms with van der Waals surface area (Å²) in [4.78, 5) is 3.57. The maximum absolute atomic E-state index is 6.45. The molecule has 2 heteroatoms. The van der Waals surface area contributed by atoms with Gasteiger partial charge in [-0.05, 0) is 58.7 Å². The summed E-state index contributed by atoms with van der Waals surface area (Å²) in [6.07, 6.45) is 0.